The number of nitrogens with one attached hydrogen (secondary N) is 1. The van der Waals surface area contributed by atoms with Crippen LogP contribution in [0.25, 0.3) is 0 Å². The van der Waals surface area contributed by atoms with Crippen LogP contribution < -0.4 is 25.3 Å². The molecule has 1 aromatic heterocycles. The summed E-state index contributed by atoms with van der Waals surface area (Å²) in [6, 6.07) is 12.2. The van der Waals surface area contributed by atoms with Crippen molar-refractivity contribution < 1.29 is 23.3 Å². The fraction of sp³-hybridized carbons (Fsp3) is 0.250. The lowest BCUT2D eigenvalue weighted by atomic mass is 9.77. The van der Waals surface area contributed by atoms with Crippen LogP contribution in [0.1, 0.15) is 24.5 Å². The monoisotopic (exact) mass is 450 g/mol. The van der Waals surface area contributed by atoms with Crippen molar-refractivity contribution in [1.82, 2.24) is 4.98 Å². The fourth-order valence-corrected chi connectivity index (χ4v) is 4.23. The number of amidine groups is 1. The van der Waals surface area contributed by atoms with Gasteiger partial charge in [0.2, 0.25) is 0 Å². The molecule has 2 aliphatic heterocycles. The number of nitrogens with two attached hydrogens (primary N) is 1. The Bertz CT molecular complexity index is 1250. The molecule has 33 heavy (non-hydrogen) atoms. The van der Waals surface area contributed by atoms with Crippen molar-refractivity contribution in [3.05, 3.63) is 65.6 Å². The zero-order valence-corrected chi connectivity index (χ0v) is 18.2. The third kappa shape index (κ3) is 3.55. The molecule has 3 aromatic rings. The van der Waals surface area contributed by atoms with Crippen molar-refractivity contribution in [3.63, 3.8) is 0 Å². The normalized spacial score (nSPS) is 18.3. The van der Waals surface area contributed by atoms with E-state index in [-0.39, 0.29) is 11.8 Å². The van der Waals surface area contributed by atoms with Crippen LogP contribution in [0.5, 0.6) is 23.0 Å². The first-order valence-corrected chi connectivity index (χ1v) is 10.6. The molecule has 2 aromatic carbocycles. The molecule has 3 N–H and O–H groups in total. The Hall–Kier alpha value is -4.01. The Labute approximate surface area is 190 Å². The second-order valence-electron chi connectivity index (χ2n) is 7.62. The molecule has 0 unspecified atom stereocenters. The van der Waals surface area contributed by atoms with Crippen LogP contribution in [0, 0.1) is 5.82 Å². The fourth-order valence-electron chi connectivity index (χ4n) is 4.23. The van der Waals surface area contributed by atoms with E-state index >= 15 is 0 Å². The molecule has 0 fully saturated rings. The Morgan fingerprint density at radius 2 is 2.09 bits per heavy atom. The highest BCUT2D eigenvalue weighted by Crippen LogP contribution is 2.54. The molecular formula is C24H23FN4O4. The number of anilines is 2. The van der Waals surface area contributed by atoms with E-state index in [1.54, 1.807) is 18.3 Å². The van der Waals surface area contributed by atoms with Gasteiger partial charge in [-0.1, -0.05) is 0 Å². The molecule has 9 heteroatoms. The lowest BCUT2D eigenvalue weighted by molar-refractivity contribution is 0.217. The predicted molar refractivity (Wildman–Crippen MR) is 121 cm³/mol. The zero-order chi connectivity index (χ0) is 23.0. The van der Waals surface area contributed by atoms with E-state index in [0.717, 1.165) is 11.3 Å². The molecule has 0 aliphatic carbocycles. The minimum Gasteiger partial charge on any atom is -0.497 e. The van der Waals surface area contributed by atoms with E-state index in [2.05, 4.69) is 15.3 Å². The molecule has 2 aliphatic rings. The first kappa shape index (κ1) is 20.9. The topological polar surface area (TPSA) is 100 Å². The highest BCUT2D eigenvalue weighted by atomic mass is 19.1. The predicted octanol–water partition coefficient (Wildman–Crippen LogP) is 4.46. The van der Waals surface area contributed by atoms with Crippen molar-refractivity contribution in [2.45, 2.75) is 18.9 Å². The number of hydrogen-bond donors (Lipinski definition) is 2. The van der Waals surface area contributed by atoms with Gasteiger partial charge in [0.1, 0.15) is 17.0 Å². The average Bonchev–Trinajstić information content (AvgIpc) is 2.82. The Balaban J connectivity index is 1.65. The van der Waals surface area contributed by atoms with Crippen LogP contribution >= 0.6 is 0 Å². The summed E-state index contributed by atoms with van der Waals surface area (Å²) < 4.78 is 37.4. The van der Waals surface area contributed by atoms with Crippen LogP contribution in [-0.4, -0.2) is 31.3 Å². The molecule has 8 nitrogen and oxygen atoms in total. The van der Waals surface area contributed by atoms with Gasteiger partial charge in [-0.3, -0.25) is 0 Å². The molecule has 0 amide bonds. The molecule has 5 rings (SSSR count). The average molecular weight is 450 g/mol. The number of aromatic nitrogens is 1. The maximum absolute atomic E-state index is 15.0. The lowest BCUT2D eigenvalue weighted by Gasteiger charge is -2.39. The molecule has 1 spiro atoms. The molecule has 0 saturated heterocycles. The molecule has 0 saturated carbocycles. The third-order valence-corrected chi connectivity index (χ3v) is 5.68. The van der Waals surface area contributed by atoms with E-state index in [4.69, 9.17) is 24.7 Å². The van der Waals surface area contributed by atoms with Gasteiger partial charge in [-0.15, -0.1) is 0 Å². The number of methoxy groups -OCH3 is 1. The summed E-state index contributed by atoms with van der Waals surface area (Å²) >= 11 is 0. The van der Waals surface area contributed by atoms with Crippen LogP contribution in [0.4, 0.5) is 15.9 Å². The van der Waals surface area contributed by atoms with Crippen molar-refractivity contribution >= 4 is 17.5 Å². The quantitative estimate of drug-likeness (QED) is 0.592. The maximum atomic E-state index is 15.0. The van der Waals surface area contributed by atoms with Gasteiger partial charge in [0.25, 0.3) is 6.02 Å². The number of halogens is 1. The number of benzene rings is 2. The number of ether oxygens (including phenoxy) is 4. The summed E-state index contributed by atoms with van der Waals surface area (Å²) in [4.78, 5) is 9.06. The smallest absolute Gasteiger partial charge is 0.283 e. The highest BCUT2D eigenvalue weighted by Gasteiger charge is 2.46. The van der Waals surface area contributed by atoms with Crippen LogP contribution in [-0.2, 0) is 10.3 Å². The van der Waals surface area contributed by atoms with Crippen molar-refractivity contribution in [2.24, 2.45) is 10.7 Å². The van der Waals surface area contributed by atoms with Gasteiger partial charge in [-0.05, 0) is 43.3 Å². The van der Waals surface area contributed by atoms with Gasteiger partial charge in [-0.2, -0.15) is 0 Å². The van der Waals surface area contributed by atoms with Gasteiger partial charge < -0.3 is 30.0 Å². The van der Waals surface area contributed by atoms with Crippen LogP contribution in [0.15, 0.2) is 53.7 Å². The first-order chi connectivity index (χ1) is 16.0. The minimum atomic E-state index is -0.995. The third-order valence-electron chi connectivity index (χ3n) is 5.68. The number of hydrogen-bond acceptors (Lipinski definition) is 8. The van der Waals surface area contributed by atoms with E-state index in [0.29, 0.717) is 48.3 Å². The van der Waals surface area contributed by atoms with Gasteiger partial charge in [0.15, 0.2) is 23.1 Å². The van der Waals surface area contributed by atoms with Crippen molar-refractivity contribution in [1.29, 1.82) is 0 Å². The second kappa shape index (κ2) is 8.16. The van der Waals surface area contributed by atoms with Crippen LogP contribution in [0.3, 0.4) is 0 Å². The number of rotatable bonds is 5. The number of nitrogens with zero attached hydrogens (tertiary/aromatic N) is 2. The van der Waals surface area contributed by atoms with Crippen molar-refractivity contribution in [2.75, 3.05) is 25.6 Å². The largest absolute Gasteiger partial charge is 0.497 e. The molecular weight excluding hydrogens is 427 g/mol. The number of fused-ring (bicyclic) bond motifs is 4. The second-order valence-corrected chi connectivity index (χ2v) is 7.62. The first-order valence-electron chi connectivity index (χ1n) is 10.6. The molecule has 1 atom stereocenters. The summed E-state index contributed by atoms with van der Waals surface area (Å²) in [6.07, 6.45) is 2.13. The minimum absolute atomic E-state index is 0.0324. The molecule has 170 valence electrons. The summed E-state index contributed by atoms with van der Waals surface area (Å²) in [7, 11) is 1.48. The summed E-state index contributed by atoms with van der Waals surface area (Å²) in [5.41, 5.74) is 7.00. The van der Waals surface area contributed by atoms with Crippen molar-refractivity contribution in [3.8, 4) is 23.0 Å². The van der Waals surface area contributed by atoms with E-state index in [9.17, 15) is 4.39 Å². The Morgan fingerprint density at radius 1 is 1.21 bits per heavy atom. The van der Waals surface area contributed by atoms with Gasteiger partial charge in [0.05, 0.1) is 20.3 Å². The Kier molecular flexibility index (Phi) is 5.16. The number of aliphatic imine (C=N–C) groups is 1. The standard InChI is InChI=1S/C24H23FN4O4/c1-3-31-20-5-4-9-27-22(20)28-14-6-7-19-16(11-14)24(8-10-32-23(26)29-24)17-12-15(30-2)13-18(25)21(17)33-19/h4-7,9,11-13H,3,8,10H2,1-2H3,(H2,26,29)(H,27,28)/t24-/m0/s1. The molecule has 3 heterocycles. The summed E-state index contributed by atoms with van der Waals surface area (Å²) in [6.45, 7) is 2.74. The van der Waals surface area contributed by atoms with Gasteiger partial charge in [0, 0.05) is 35.5 Å². The lowest BCUT2D eigenvalue weighted by Crippen LogP contribution is -2.38. The summed E-state index contributed by atoms with van der Waals surface area (Å²) in [5.74, 6) is 1.63. The highest BCUT2D eigenvalue weighted by molar-refractivity contribution is 5.76. The molecule has 0 radical (unpaired) electrons. The van der Waals surface area contributed by atoms with E-state index in [1.807, 2.05) is 31.2 Å². The van der Waals surface area contributed by atoms with Gasteiger partial charge in [-0.25, -0.2) is 14.4 Å². The van der Waals surface area contributed by atoms with E-state index in [1.165, 1.54) is 13.2 Å². The molecule has 0 bridgehead atoms. The van der Waals surface area contributed by atoms with E-state index < -0.39 is 11.4 Å². The van der Waals surface area contributed by atoms with Crippen LogP contribution in [0.2, 0.25) is 0 Å². The Morgan fingerprint density at radius 3 is 2.88 bits per heavy atom. The van der Waals surface area contributed by atoms with Gasteiger partial charge >= 0.3 is 0 Å². The zero-order valence-electron chi connectivity index (χ0n) is 18.2. The SMILES string of the molecule is CCOc1cccnc1Nc1ccc2c(c1)[C@@]1(CCOC(N)=N1)c1cc(OC)cc(F)c1O2. The number of pyridine rings is 1. The summed E-state index contributed by atoms with van der Waals surface area (Å²) in [5, 5.41) is 3.30. The maximum Gasteiger partial charge on any atom is 0.283 e.